The summed E-state index contributed by atoms with van der Waals surface area (Å²) in [4.78, 5) is 23.3. The number of aliphatic carboxylic acids is 1. The van der Waals surface area contributed by atoms with E-state index in [9.17, 15) is 22.8 Å². The highest BCUT2D eigenvalue weighted by molar-refractivity contribution is 7.99. The van der Waals surface area contributed by atoms with Crippen LogP contribution < -0.4 is 10.1 Å². The summed E-state index contributed by atoms with van der Waals surface area (Å²) in [6, 6.07) is 13.7. The average Bonchev–Trinajstić information content (AvgIpc) is 3.09. The van der Waals surface area contributed by atoms with Gasteiger partial charge in [0.1, 0.15) is 17.3 Å². The molecule has 168 valence electrons. The van der Waals surface area contributed by atoms with Gasteiger partial charge in [0, 0.05) is 17.0 Å². The number of anilines is 1. The van der Waals surface area contributed by atoms with Gasteiger partial charge in [0.15, 0.2) is 0 Å². The van der Waals surface area contributed by atoms with Gasteiger partial charge in [0.05, 0.1) is 11.3 Å². The number of hydrogen-bond acceptors (Lipinski definition) is 5. The van der Waals surface area contributed by atoms with Gasteiger partial charge in [-0.25, -0.2) is 0 Å². The smallest absolute Gasteiger partial charge is 0.481 e. The molecule has 1 aromatic heterocycles. The van der Waals surface area contributed by atoms with Crippen molar-refractivity contribution in [1.29, 1.82) is 0 Å². The Hall–Kier alpha value is -3.40. The predicted molar refractivity (Wildman–Crippen MR) is 114 cm³/mol. The summed E-state index contributed by atoms with van der Waals surface area (Å²) in [5, 5.41) is 11.5. The molecule has 2 aromatic carbocycles. The third-order valence-electron chi connectivity index (χ3n) is 4.21. The lowest BCUT2D eigenvalue weighted by atomic mass is 10.1. The highest BCUT2D eigenvalue weighted by Gasteiger charge is 2.31. The van der Waals surface area contributed by atoms with Crippen molar-refractivity contribution in [2.24, 2.45) is 0 Å². The van der Waals surface area contributed by atoms with E-state index in [1.165, 1.54) is 30.0 Å². The second-order valence-corrected chi connectivity index (χ2v) is 7.68. The van der Waals surface area contributed by atoms with E-state index < -0.39 is 18.2 Å². The minimum atomic E-state index is -4.78. The first-order chi connectivity index (χ1) is 15.1. The Labute approximate surface area is 185 Å². The minimum Gasteiger partial charge on any atom is -0.481 e. The van der Waals surface area contributed by atoms with Crippen molar-refractivity contribution in [2.45, 2.75) is 19.0 Å². The summed E-state index contributed by atoms with van der Waals surface area (Å²) in [6.45, 7) is 1.61. The lowest BCUT2D eigenvalue weighted by Gasteiger charge is -2.08. The predicted octanol–water partition coefficient (Wildman–Crippen LogP) is 5.72. The number of amides is 1. The first kappa shape index (κ1) is 23.3. The van der Waals surface area contributed by atoms with Crippen LogP contribution in [0.25, 0.3) is 11.3 Å². The van der Waals surface area contributed by atoms with Crippen molar-refractivity contribution in [3.8, 4) is 17.1 Å². The number of hydrogen-bond donors (Lipinski definition) is 2. The number of halogens is 3. The van der Waals surface area contributed by atoms with E-state index in [0.29, 0.717) is 28.5 Å². The van der Waals surface area contributed by atoms with E-state index in [0.717, 1.165) is 17.7 Å². The van der Waals surface area contributed by atoms with Crippen molar-refractivity contribution in [3.05, 3.63) is 71.5 Å². The van der Waals surface area contributed by atoms with Crippen LogP contribution in [0.2, 0.25) is 0 Å². The molecule has 6 nitrogen and oxygen atoms in total. The van der Waals surface area contributed by atoms with E-state index in [1.54, 1.807) is 25.1 Å². The Kier molecular flexibility index (Phi) is 7.14. The molecule has 32 heavy (non-hydrogen) atoms. The standard InChI is InChI=1S/C22H18F3NO5S/c1-13-18(10-19(30-13)15-5-7-17(8-6-15)31-22(23,24)25)21(29)26-16-4-2-3-14(9-16)11-32-12-20(27)28/h2-10H,11-12H2,1H3,(H,26,29)(H,27,28). The fourth-order valence-corrected chi connectivity index (χ4v) is 3.56. The fraction of sp³-hybridized carbons (Fsp3) is 0.182. The molecule has 0 spiro atoms. The molecule has 0 fully saturated rings. The van der Waals surface area contributed by atoms with E-state index >= 15 is 0 Å². The van der Waals surface area contributed by atoms with E-state index in [2.05, 4.69) is 10.1 Å². The van der Waals surface area contributed by atoms with Crippen molar-refractivity contribution in [2.75, 3.05) is 11.1 Å². The van der Waals surface area contributed by atoms with Crippen molar-refractivity contribution < 1.29 is 37.0 Å². The molecule has 0 aliphatic heterocycles. The number of thioether (sulfide) groups is 1. The topological polar surface area (TPSA) is 88.8 Å². The van der Waals surface area contributed by atoms with Crippen LogP contribution >= 0.6 is 11.8 Å². The number of carbonyl (C=O) groups is 2. The zero-order chi connectivity index (χ0) is 23.3. The summed E-state index contributed by atoms with van der Waals surface area (Å²) in [6.07, 6.45) is -4.78. The lowest BCUT2D eigenvalue weighted by molar-refractivity contribution is -0.274. The molecular weight excluding hydrogens is 447 g/mol. The van der Waals surface area contributed by atoms with Crippen LogP contribution in [-0.4, -0.2) is 29.1 Å². The number of benzene rings is 2. The van der Waals surface area contributed by atoms with Gasteiger partial charge in [-0.2, -0.15) is 0 Å². The SMILES string of the molecule is Cc1oc(-c2ccc(OC(F)(F)F)cc2)cc1C(=O)Nc1cccc(CSCC(=O)O)c1. The first-order valence-electron chi connectivity index (χ1n) is 9.27. The quantitative estimate of drug-likeness (QED) is 0.442. The molecule has 1 heterocycles. The molecule has 0 aliphatic rings. The molecule has 0 bridgehead atoms. The third kappa shape index (κ3) is 6.55. The molecule has 3 aromatic rings. The molecule has 0 radical (unpaired) electrons. The van der Waals surface area contributed by atoms with E-state index in [-0.39, 0.29) is 17.1 Å². The maximum absolute atomic E-state index is 12.7. The van der Waals surface area contributed by atoms with Gasteiger partial charge in [-0.15, -0.1) is 24.9 Å². The first-order valence-corrected chi connectivity index (χ1v) is 10.4. The number of carboxylic acids is 1. The molecule has 0 unspecified atom stereocenters. The number of carbonyl (C=O) groups excluding carboxylic acids is 1. The normalized spacial score (nSPS) is 11.2. The number of alkyl halides is 3. The number of nitrogens with one attached hydrogen (secondary N) is 1. The van der Waals surface area contributed by atoms with Gasteiger partial charge in [-0.3, -0.25) is 9.59 Å². The second-order valence-electron chi connectivity index (χ2n) is 6.69. The molecule has 10 heteroatoms. The van der Waals surface area contributed by atoms with Gasteiger partial charge in [0.2, 0.25) is 0 Å². The largest absolute Gasteiger partial charge is 0.573 e. The van der Waals surface area contributed by atoms with Gasteiger partial charge in [-0.1, -0.05) is 12.1 Å². The highest BCUT2D eigenvalue weighted by Crippen LogP contribution is 2.29. The zero-order valence-corrected chi connectivity index (χ0v) is 17.5. The Balaban J connectivity index is 1.69. The summed E-state index contributed by atoms with van der Waals surface area (Å²) < 4.78 is 46.4. The summed E-state index contributed by atoms with van der Waals surface area (Å²) in [7, 11) is 0. The van der Waals surface area contributed by atoms with Crippen LogP contribution in [-0.2, 0) is 10.5 Å². The minimum absolute atomic E-state index is 0.0170. The number of carboxylic acid groups (broad SMARTS) is 1. The summed E-state index contributed by atoms with van der Waals surface area (Å²) in [5.74, 6) is -0.524. The van der Waals surface area contributed by atoms with Gasteiger partial charge in [0.25, 0.3) is 5.91 Å². The Morgan fingerprint density at radius 2 is 1.84 bits per heavy atom. The van der Waals surface area contributed by atoms with Crippen LogP contribution in [0.5, 0.6) is 5.75 Å². The molecular formula is C22H18F3NO5S. The van der Waals surface area contributed by atoms with Crippen molar-refractivity contribution >= 4 is 29.3 Å². The Bertz CT molecular complexity index is 1110. The molecule has 0 aliphatic carbocycles. The van der Waals surface area contributed by atoms with Crippen LogP contribution in [0.4, 0.5) is 18.9 Å². The van der Waals surface area contributed by atoms with Crippen molar-refractivity contribution in [1.82, 2.24) is 0 Å². The second kappa shape index (κ2) is 9.82. The van der Waals surface area contributed by atoms with Crippen LogP contribution in [0.3, 0.4) is 0 Å². The molecule has 2 N–H and O–H groups in total. The zero-order valence-electron chi connectivity index (χ0n) is 16.7. The summed E-state index contributed by atoms with van der Waals surface area (Å²) in [5.41, 5.74) is 2.17. The maximum Gasteiger partial charge on any atom is 0.573 e. The van der Waals surface area contributed by atoms with Crippen LogP contribution in [0.15, 0.2) is 59.0 Å². The fourth-order valence-electron chi connectivity index (χ4n) is 2.86. The molecule has 3 rings (SSSR count). The Morgan fingerprint density at radius 3 is 2.50 bits per heavy atom. The highest BCUT2D eigenvalue weighted by atomic mass is 32.2. The Morgan fingerprint density at radius 1 is 1.12 bits per heavy atom. The number of furan rings is 1. The van der Waals surface area contributed by atoms with Crippen LogP contribution in [0.1, 0.15) is 21.7 Å². The number of rotatable bonds is 8. The number of ether oxygens (including phenoxy) is 1. The molecule has 1 amide bonds. The monoisotopic (exact) mass is 465 g/mol. The third-order valence-corrected chi connectivity index (χ3v) is 5.20. The summed E-state index contributed by atoms with van der Waals surface area (Å²) >= 11 is 1.25. The maximum atomic E-state index is 12.7. The van der Waals surface area contributed by atoms with Gasteiger partial charge < -0.3 is 19.6 Å². The van der Waals surface area contributed by atoms with Crippen LogP contribution in [0, 0.1) is 6.92 Å². The van der Waals surface area contributed by atoms with Gasteiger partial charge in [-0.05, 0) is 55.0 Å². The van der Waals surface area contributed by atoms with Crippen molar-refractivity contribution in [3.63, 3.8) is 0 Å². The molecule has 0 saturated heterocycles. The van der Waals surface area contributed by atoms with E-state index in [4.69, 9.17) is 9.52 Å². The molecule has 0 saturated carbocycles. The van der Waals surface area contributed by atoms with Gasteiger partial charge >= 0.3 is 12.3 Å². The average molecular weight is 465 g/mol. The number of aryl methyl sites for hydroxylation is 1. The molecule has 0 atom stereocenters. The lowest BCUT2D eigenvalue weighted by Crippen LogP contribution is -2.16. The van der Waals surface area contributed by atoms with E-state index in [1.807, 2.05) is 6.07 Å².